The van der Waals surface area contributed by atoms with Gasteiger partial charge in [0.2, 0.25) is 0 Å². The Morgan fingerprint density at radius 3 is 2.43 bits per heavy atom. The van der Waals surface area contributed by atoms with E-state index in [9.17, 15) is 23.5 Å². The smallest absolute Gasteiger partial charge is 0.255 e. The third-order valence-corrected chi connectivity index (χ3v) is 8.45. The van der Waals surface area contributed by atoms with Crippen LogP contribution in [0.2, 0.25) is 5.02 Å². The molecule has 2 unspecified atom stereocenters. The summed E-state index contributed by atoms with van der Waals surface area (Å²) in [5.74, 6) is -1.23. The molecule has 2 aromatic heterocycles. The SMILES string of the molecule is O=C(NC1CCS([O-])([O-])CC1NC(=O)c1ccc2c(Cl)c[nH]c2c1)c1ccc(-n2ccccc2=O)cc1. The summed E-state index contributed by atoms with van der Waals surface area (Å²) in [7, 11) is -3.39. The van der Waals surface area contributed by atoms with Crippen LogP contribution < -0.4 is 16.2 Å². The molecule has 5 rings (SSSR count). The van der Waals surface area contributed by atoms with Crippen LogP contribution in [0.5, 0.6) is 0 Å². The Bertz CT molecular complexity index is 1530. The molecule has 0 spiro atoms. The van der Waals surface area contributed by atoms with Crippen LogP contribution in [0, 0.1) is 0 Å². The maximum absolute atomic E-state index is 13.0. The van der Waals surface area contributed by atoms with Crippen molar-refractivity contribution in [1.82, 2.24) is 20.2 Å². The van der Waals surface area contributed by atoms with E-state index >= 15 is 0 Å². The van der Waals surface area contributed by atoms with Gasteiger partial charge >= 0.3 is 0 Å². The molecular weight excluding hydrogens is 516 g/mol. The van der Waals surface area contributed by atoms with E-state index in [4.69, 9.17) is 11.6 Å². The third-order valence-electron chi connectivity index (χ3n) is 6.42. The Morgan fingerprint density at radius 2 is 1.68 bits per heavy atom. The maximum atomic E-state index is 13.0. The van der Waals surface area contributed by atoms with Crippen LogP contribution in [-0.2, 0) is 0 Å². The highest BCUT2D eigenvalue weighted by atomic mass is 35.5. The topological polar surface area (TPSA) is 142 Å². The van der Waals surface area contributed by atoms with E-state index < -0.39 is 34.5 Å². The van der Waals surface area contributed by atoms with Crippen molar-refractivity contribution in [1.29, 1.82) is 0 Å². The number of aromatic nitrogens is 2. The number of carbonyl (C=O) groups excluding carboxylic acids is 2. The van der Waals surface area contributed by atoms with Gasteiger partial charge in [0.1, 0.15) is 0 Å². The van der Waals surface area contributed by atoms with Crippen molar-refractivity contribution < 1.29 is 18.7 Å². The van der Waals surface area contributed by atoms with Gasteiger partial charge in [-0.1, -0.05) is 23.7 Å². The van der Waals surface area contributed by atoms with Crippen LogP contribution in [-0.4, -0.2) is 54.1 Å². The van der Waals surface area contributed by atoms with E-state index in [1.165, 1.54) is 10.6 Å². The number of hydrogen-bond acceptors (Lipinski definition) is 5. The number of H-pyrrole nitrogens is 1. The summed E-state index contributed by atoms with van der Waals surface area (Å²) in [5.41, 5.74) is 1.78. The van der Waals surface area contributed by atoms with Gasteiger partial charge in [-0.3, -0.25) is 19.0 Å². The number of rotatable bonds is 5. The van der Waals surface area contributed by atoms with E-state index in [0.29, 0.717) is 27.4 Å². The van der Waals surface area contributed by atoms with Crippen molar-refractivity contribution in [3.63, 3.8) is 0 Å². The minimum absolute atomic E-state index is 0.0902. The second kappa shape index (κ2) is 10.1. The molecule has 3 N–H and O–H groups in total. The number of halogens is 1. The summed E-state index contributed by atoms with van der Waals surface area (Å²) in [6.45, 7) is 0. The van der Waals surface area contributed by atoms with Crippen molar-refractivity contribution in [2.45, 2.75) is 18.5 Å². The first kappa shape index (κ1) is 25.1. The Balaban J connectivity index is 1.31. The standard InChI is InChI=1S/C26H25ClN4O5S/c27-20-14-28-22-13-17(6-9-19(20)22)26(34)30-23-15-37(35,36)12-10-21(23)29-25(33)16-4-7-18(8-5-16)31-11-2-1-3-24(31)32/h1-9,11,13-14,21,23,28,35-36H,10,12,15H2,(H,29,33)(H,30,34)/p-2. The van der Waals surface area contributed by atoms with Crippen molar-refractivity contribution in [3.8, 4) is 5.69 Å². The summed E-state index contributed by atoms with van der Waals surface area (Å²) in [4.78, 5) is 41.0. The molecule has 0 saturated carbocycles. The van der Waals surface area contributed by atoms with Crippen LogP contribution in [0.3, 0.4) is 0 Å². The minimum Gasteiger partial charge on any atom is -0.800 e. The summed E-state index contributed by atoms with van der Waals surface area (Å²) in [6.07, 6.45) is 3.43. The summed E-state index contributed by atoms with van der Waals surface area (Å²) in [5, 5.41) is 6.97. The highest BCUT2D eigenvalue weighted by molar-refractivity contribution is 8.24. The van der Waals surface area contributed by atoms with Crippen molar-refractivity contribution in [2.24, 2.45) is 0 Å². The lowest BCUT2D eigenvalue weighted by molar-refractivity contribution is 0.0883. The average molecular weight is 539 g/mol. The molecule has 2 amide bonds. The number of aromatic amines is 1. The summed E-state index contributed by atoms with van der Waals surface area (Å²) >= 11 is 6.10. The molecule has 2 atom stereocenters. The molecule has 37 heavy (non-hydrogen) atoms. The number of carbonyl (C=O) groups is 2. The van der Waals surface area contributed by atoms with Crippen LogP contribution in [0.1, 0.15) is 27.1 Å². The fourth-order valence-electron chi connectivity index (χ4n) is 4.45. The number of nitrogens with zero attached hydrogens (tertiary/aromatic N) is 1. The lowest BCUT2D eigenvalue weighted by atomic mass is 10.0. The number of nitrogens with one attached hydrogen (secondary N) is 3. The van der Waals surface area contributed by atoms with Gasteiger partial charge in [0.05, 0.1) is 17.1 Å². The predicted molar refractivity (Wildman–Crippen MR) is 141 cm³/mol. The highest BCUT2D eigenvalue weighted by Crippen LogP contribution is 2.43. The number of fused-ring (bicyclic) bond motifs is 1. The van der Waals surface area contributed by atoms with Crippen molar-refractivity contribution in [2.75, 3.05) is 11.5 Å². The molecule has 192 valence electrons. The number of sulfone groups is 1. The zero-order valence-corrected chi connectivity index (χ0v) is 21.1. The molecule has 0 bridgehead atoms. The van der Waals surface area contributed by atoms with Gasteiger partial charge in [-0.15, -0.1) is 0 Å². The van der Waals surface area contributed by atoms with Gasteiger partial charge in [-0.2, -0.15) is 0 Å². The molecule has 3 heterocycles. The van der Waals surface area contributed by atoms with Gasteiger partial charge in [-0.05, 0) is 60.4 Å². The number of hydrogen-bond donors (Lipinski definition) is 3. The van der Waals surface area contributed by atoms with Crippen molar-refractivity contribution in [3.05, 3.63) is 99.6 Å². The predicted octanol–water partition coefficient (Wildman–Crippen LogP) is 3.34. The summed E-state index contributed by atoms with van der Waals surface area (Å²) in [6, 6.07) is 14.9. The molecule has 0 aliphatic carbocycles. The second-order valence-corrected chi connectivity index (χ2v) is 11.6. The van der Waals surface area contributed by atoms with Crippen molar-refractivity contribution >= 4 is 44.9 Å². The Morgan fingerprint density at radius 1 is 0.973 bits per heavy atom. The normalized spacial score (nSPS) is 19.8. The van der Waals surface area contributed by atoms with Gasteiger partial charge in [0, 0.05) is 46.2 Å². The molecule has 1 aliphatic heterocycles. The molecule has 1 fully saturated rings. The lowest BCUT2D eigenvalue weighted by Crippen LogP contribution is -2.57. The van der Waals surface area contributed by atoms with Crippen LogP contribution in [0.25, 0.3) is 16.6 Å². The zero-order valence-electron chi connectivity index (χ0n) is 19.5. The van der Waals surface area contributed by atoms with E-state index in [0.717, 1.165) is 5.39 Å². The Kier molecular flexibility index (Phi) is 6.82. The van der Waals surface area contributed by atoms with E-state index in [1.807, 2.05) is 0 Å². The molecular formula is C26H23ClN4O5S-2. The largest absolute Gasteiger partial charge is 0.800 e. The fourth-order valence-corrected chi connectivity index (χ4v) is 6.31. The van der Waals surface area contributed by atoms with Gasteiger partial charge in [0.25, 0.3) is 17.4 Å². The molecule has 2 aromatic carbocycles. The first-order chi connectivity index (χ1) is 17.7. The fraction of sp³-hybridized carbons (Fsp3) is 0.192. The Labute approximate surface area is 218 Å². The van der Waals surface area contributed by atoms with Crippen LogP contribution in [0.15, 0.2) is 77.9 Å². The minimum atomic E-state index is -3.39. The Hall–Kier alpha value is -3.57. The molecule has 1 aliphatic rings. The third kappa shape index (κ3) is 5.42. The van der Waals surface area contributed by atoms with Gasteiger partial charge in [0.15, 0.2) is 0 Å². The highest BCUT2D eigenvalue weighted by Gasteiger charge is 2.30. The van der Waals surface area contributed by atoms with Gasteiger partial charge < -0.3 is 35.3 Å². The van der Waals surface area contributed by atoms with E-state index in [1.54, 1.807) is 67.0 Å². The lowest BCUT2D eigenvalue weighted by Gasteiger charge is -2.65. The number of pyridine rings is 1. The van der Waals surface area contributed by atoms with E-state index in [2.05, 4.69) is 15.6 Å². The molecule has 9 nitrogen and oxygen atoms in total. The summed E-state index contributed by atoms with van der Waals surface area (Å²) < 4.78 is 26.1. The van der Waals surface area contributed by atoms with Crippen LogP contribution >= 0.6 is 22.2 Å². The maximum Gasteiger partial charge on any atom is 0.255 e. The number of amides is 2. The molecule has 1 saturated heterocycles. The average Bonchev–Trinajstić information content (AvgIpc) is 3.25. The molecule has 0 radical (unpaired) electrons. The van der Waals surface area contributed by atoms with E-state index in [-0.39, 0.29) is 23.5 Å². The first-order valence-corrected chi connectivity index (χ1v) is 13.8. The van der Waals surface area contributed by atoms with Crippen LogP contribution in [0.4, 0.5) is 0 Å². The quantitative estimate of drug-likeness (QED) is 0.357. The monoisotopic (exact) mass is 538 g/mol. The first-order valence-electron chi connectivity index (χ1n) is 11.6. The second-order valence-electron chi connectivity index (χ2n) is 8.92. The van der Waals surface area contributed by atoms with Gasteiger partial charge in [-0.25, -0.2) is 0 Å². The molecule has 11 heteroatoms. The molecule has 4 aromatic rings. The number of benzene rings is 2. The zero-order chi connectivity index (χ0) is 26.2.